The molecule has 0 aliphatic heterocycles. The summed E-state index contributed by atoms with van der Waals surface area (Å²) in [6, 6.07) is 4.27. The molecule has 2 rings (SSSR count). The van der Waals surface area contributed by atoms with E-state index >= 15 is 0 Å². The van der Waals surface area contributed by atoms with Gasteiger partial charge in [0.2, 0.25) is 11.9 Å². The number of aromatic nitrogens is 3. The molecule has 1 heterocycles. The van der Waals surface area contributed by atoms with Crippen LogP contribution >= 0.6 is 11.6 Å². The molecule has 0 aliphatic rings. The summed E-state index contributed by atoms with van der Waals surface area (Å²) < 4.78 is 18.6. The molecule has 0 bridgehead atoms. The van der Waals surface area contributed by atoms with Gasteiger partial charge < -0.3 is 15.4 Å². The average molecular weight is 312 g/mol. The minimum Gasteiger partial charge on any atom is -0.464 e. The molecule has 0 amide bonds. The number of hydrogen-bond acceptors (Lipinski definition) is 6. The Morgan fingerprint density at radius 1 is 1.14 bits per heavy atom. The monoisotopic (exact) mass is 311 g/mol. The molecule has 6 nitrogen and oxygen atoms in total. The molecular weight excluding hydrogens is 297 g/mol. The normalized spacial score (nSPS) is 10.3. The van der Waals surface area contributed by atoms with E-state index in [0.29, 0.717) is 24.8 Å². The van der Waals surface area contributed by atoms with Crippen molar-refractivity contribution in [2.24, 2.45) is 0 Å². The molecule has 0 saturated carbocycles. The highest BCUT2D eigenvalue weighted by Crippen LogP contribution is 2.21. The van der Waals surface area contributed by atoms with E-state index < -0.39 is 5.82 Å². The Morgan fingerprint density at radius 3 is 2.57 bits per heavy atom. The topological polar surface area (TPSA) is 72.0 Å². The van der Waals surface area contributed by atoms with Crippen LogP contribution in [-0.2, 0) is 0 Å². The maximum Gasteiger partial charge on any atom is 0.323 e. The zero-order valence-corrected chi connectivity index (χ0v) is 12.4. The van der Waals surface area contributed by atoms with Crippen LogP contribution in [0.15, 0.2) is 18.2 Å². The van der Waals surface area contributed by atoms with Crippen molar-refractivity contribution in [3.63, 3.8) is 0 Å². The van der Waals surface area contributed by atoms with Gasteiger partial charge in [0.25, 0.3) is 0 Å². The first kappa shape index (κ1) is 15.2. The van der Waals surface area contributed by atoms with Crippen molar-refractivity contribution in [1.82, 2.24) is 15.0 Å². The van der Waals surface area contributed by atoms with Gasteiger partial charge in [-0.2, -0.15) is 15.0 Å². The highest BCUT2D eigenvalue weighted by atomic mass is 35.5. The van der Waals surface area contributed by atoms with E-state index in [4.69, 9.17) is 16.3 Å². The molecule has 0 unspecified atom stereocenters. The number of nitrogens with one attached hydrogen (secondary N) is 2. The highest BCUT2D eigenvalue weighted by Gasteiger charge is 2.08. The Hall–Kier alpha value is -2.15. The van der Waals surface area contributed by atoms with Crippen molar-refractivity contribution in [3.05, 3.63) is 29.0 Å². The van der Waals surface area contributed by atoms with E-state index in [1.807, 2.05) is 13.8 Å². The Kier molecular flexibility index (Phi) is 5.10. The second kappa shape index (κ2) is 7.03. The van der Waals surface area contributed by atoms with Crippen molar-refractivity contribution >= 4 is 29.2 Å². The summed E-state index contributed by atoms with van der Waals surface area (Å²) in [7, 11) is 0. The van der Waals surface area contributed by atoms with Crippen LogP contribution in [0.3, 0.4) is 0 Å². The number of ether oxygens (including phenoxy) is 1. The Bertz CT molecular complexity index is 581. The van der Waals surface area contributed by atoms with Crippen LogP contribution in [0.4, 0.5) is 22.0 Å². The Balaban J connectivity index is 2.28. The molecule has 21 heavy (non-hydrogen) atoms. The first-order valence-electron chi connectivity index (χ1n) is 6.46. The number of rotatable bonds is 6. The molecule has 0 atom stereocenters. The van der Waals surface area contributed by atoms with Gasteiger partial charge in [-0.3, -0.25) is 0 Å². The van der Waals surface area contributed by atoms with Gasteiger partial charge in [0.1, 0.15) is 5.82 Å². The molecule has 2 aromatic rings. The lowest BCUT2D eigenvalue weighted by Gasteiger charge is -2.09. The predicted octanol–water partition coefficient (Wildman–Crippen LogP) is 3.24. The van der Waals surface area contributed by atoms with E-state index in [1.165, 1.54) is 12.1 Å². The third-order valence-electron chi connectivity index (χ3n) is 2.34. The van der Waals surface area contributed by atoms with Crippen LogP contribution in [0.1, 0.15) is 13.8 Å². The molecule has 0 radical (unpaired) electrons. The van der Waals surface area contributed by atoms with Crippen molar-refractivity contribution in [1.29, 1.82) is 0 Å². The summed E-state index contributed by atoms with van der Waals surface area (Å²) in [6.45, 7) is 4.83. The van der Waals surface area contributed by atoms with Crippen LogP contribution in [-0.4, -0.2) is 28.1 Å². The third-order valence-corrected chi connectivity index (χ3v) is 2.56. The van der Waals surface area contributed by atoms with Crippen LogP contribution in [0.5, 0.6) is 6.01 Å². The maximum absolute atomic E-state index is 13.3. The summed E-state index contributed by atoms with van der Waals surface area (Å²) in [6.07, 6.45) is 0. The fourth-order valence-corrected chi connectivity index (χ4v) is 1.82. The molecular formula is C13H15ClFN5O. The maximum atomic E-state index is 13.3. The van der Waals surface area contributed by atoms with Crippen LogP contribution in [0.25, 0.3) is 0 Å². The first-order chi connectivity index (χ1) is 10.1. The second-order valence-corrected chi connectivity index (χ2v) is 4.45. The number of hydrogen-bond donors (Lipinski definition) is 2. The molecule has 112 valence electrons. The van der Waals surface area contributed by atoms with Gasteiger partial charge in [0.05, 0.1) is 6.61 Å². The Morgan fingerprint density at radius 2 is 1.90 bits per heavy atom. The molecule has 1 aromatic heterocycles. The van der Waals surface area contributed by atoms with Crippen LogP contribution < -0.4 is 15.4 Å². The van der Waals surface area contributed by atoms with E-state index in [0.717, 1.165) is 0 Å². The number of halogens is 2. The minimum atomic E-state index is -0.448. The zero-order valence-electron chi connectivity index (χ0n) is 11.7. The third kappa shape index (κ3) is 4.42. The molecule has 0 aliphatic carbocycles. The van der Waals surface area contributed by atoms with Gasteiger partial charge in [-0.05, 0) is 32.0 Å². The molecule has 0 fully saturated rings. The van der Waals surface area contributed by atoms with Gasteiger partial charge in [-0.1, -0.05) is 11.6 Å². The van der Waals surface area contributed by atoms with E-state index in [9.17, 15) is 4.39 Å². The number of nitrogens with zero attached hydrogens (tertiary/aromatic N) is 3. The highest BCUT2D eigenvalue weighted by molar-refractivity contribution is 6.30. The molecule has 2 N–H and O–H groups in total. The summed E-state index contributed by atoms with van der Waals surface area (Å²) >= 11 is 5.81. The van der Waals surface area contributed by atoms with Crippen molar-refractivity contribution < 1.29 is 9.13 Å². The summed E-state index contributed by atoms with van der Waals surface area (Å²) in [5.74, 6) is 0.169. The van der Waals surface area contributed by atoms with Gasteiger partial charge >= 0.3 is 6.01 Å². The first-order valence-corrected chi connectivity index (χ1v) is 6.84. The quantitative estimate of drug-likeness (QED) is 0.853. The molecule has 8 heteroatoms. The lowest BCUT2D eigenvalue weighted by atomic mass is 10.3. The van der Waals surface area contributed by atoms with Gasteiger partial charge in [-0.25, -0.2) is 4.39 Å². The summed E-state index contributed by atoms with van der Waals surface area (Å²) in [5.41, 5.74) is 0.441. The molecule has 0 spiro atoms. The van der Waals surface area contributed by atoms with E-state index in [2.05, 4.69) is 25.6 Å². The number of benzene rings is 1. The van der Waals surface area contributed by atoms with Crippen molar-refractivity contribution in [2.75, 3.05) is 23.8 Å². The summed E-state index contributed by atoms with van der Waals surface area (Å²) in [4.78, 5) is 12.4. The average Bonchev–Trinajstić information content (AvgIpc) is 2.37. The minimum absolute atomic E-state index is 0.188. The van der Waals surface area contributed by atoms with E-state index in [1.54, 1.807) is 6.07 Å². The van der Waals surface area contributed by atoms with Gasteiger partial charge in [0.15, 0.2) is 0 Å². The van der Waals surface area contributed by atoms with Gasteiger partial charge in [0, 0.05) is 17.3 Å². The standard InChI is InChI=1S/C13H15ClFN5O/c1-3-16-11-18-12(20-13(19-11)21-4-2)17-10-6-8(14)5-9(15)7-10/h5-7H,3-4H2,1-2H3,(H2,16,17,18,19,20). The smallest absolute Gasteiger partial charge is 0.323 e. The largest absolute Gasteiger partial charge is 0.464 e. The SMILES string of the molecule is CCNc1nc(Nc2cc(F)cc(Cl)c2)nc(OCC)n1. The Labute approximate surface area is 126 Å². The van der Waals surface area contributed by atoms with Crippen LogP contribution in [0, 0.1) is 5.82 Å². The summed E-state index contributed by atoms with van der Waals surface area (Å²) in [5, 5.41) is 6.13. The fourth-order valence-electron chi connectivity index (χ4n) is 1.60. The number of anilines is 3. The molecule has 1 aromatic carbocycles. The van der Waals surface area contributed by atoms with E-state index in [-0.39, 0.29) is 17.0 Å². The fraction of sp³-hybridized carbons (Fsp3) is 0.308. The second-order valence-electron chi connectivity index (χ2n) is 4.01. The predicted molar refractivity (Wildman–Crippen MR) is 79.9 cm³/mol. The lowest BCUT2D eigenvalue weighted by Crippen LogP contribution is -2.09. The van der Waals surface area contributed by atoms with Crippen LogP contribution in [0.2, 0.25) is 5.02 Å². The lowest BCUT2D eigenvalue weighted by molar-refractivity contribution is 0.312. The van der Waals surface area contributed by atoms with Crippen molar-refractivity contribution in [2.45, 2.75) is 13.8 Å². The van der Waals surface area contributed by atoms with Crippen molar-refractivity contribution in [3.8, 4) is 6.01 Å². The zero-order chi connectivity index (χ0) is 15.2. The molecule has 0 saturated heterocycles. The van der Waals surface area contributed by atoms with Gasteiger partial charge in [-0.15, -0.1) is 0 Å².